The van der Waals surface area contributed by atoms with Gasteiger partial charge in [-0.25, -0.2) is 0 Å². The Bertz CT molecular complexity index is 436. The van der Waals surface area contributed by atoms with E-state index in [2.05, 4.69) is 31.2 Å². The van der Waals surface area contributed by atoms with Gasteiger partial charge in [-0.3, -0.25) is 0 Å². The standard InChI is InChI=1S/C17H25Cl3OSi/c1-2-14-4-6-15(7-5-14)16-8-10-17(11-9-16)21-12-3-13-22(18,19)20/h8-11,14-15H,2-7,12-13H2,1H3. The first-order valence-corrected chi connectivity index (χ1v) is 13.5. The molecule has 0 radical (unpaired) electrons. The van der Waals surface area contributed by atoms with E-state index in [1.807, 2.05) is 0 Å². The zero-order valence-corrected chi connectivity index (χ0v) is 16.4. The molecule has 1 aromatic carbocycles. The van der Waals surface area contributed by atoms with Gasteiger partial charge in [-0.05, 0) is 67.7 Å². The van der Waals surface area contributed by atoms with Crippen LogP contribution in [0.2, 0.25) is 6.04 Å². The molecule has 1 aliphatic rings. The molecule has 1 nitrogen and oxygen atoms in total. The Kier molecular flexibility index (Phi) is 7.39. The predicted molar refractivity (Wildman–Crippen MR) is 99.7 cm³/mol. The Labute approximate surface area is 149 Å². The summed E-state index contributed by atoms with van der Waals surface area (Å²) in [6.45, 7) is 2.92. The molecular weight excluding hydrogens is 355 g/mol. The van der Waals surface area contributed by atoms with Crippen molar-refractivity contribution in [2.24, 2.45) is 5.92 Å². The highest BCUT2D eigenvalue weighted by Crippen LogP contribution is 2.37. The molecule has 2 rings (SSSR count). The Balaban J connectivity index is 1.76. The van der Waals surface area contributed by atoms with E-state index in [1.165, 1.54) is 37.7 Å². The van der Waals surface area contributed by atoms with Gasteiger partial charge >= 0.3 is 6.00 Å². The third-order valence-electron chi connectivity index (χ3n) is 4.65. The highest BCUT2D eigenvalue weighted by Gasteiger charge is 2.24. The molecule has 0 unspecified atom stereocenters. The second-order valence-electron chi connectivity index (χ2n) is 6.26. The van der Waals surface area contributed by atoms with Crippen molar-refractivity contribution in [1.29, 1.82) is 0 Å². The predicted octanol–water partition coefficient (Wildman–Crippen LogP) is 6.79. The van der Waals surface area contributed by atoms with Gasteiger partial charge in [0.15, 0.2) is 0 Å². The lowest BCUT2D eigenvalue weighted by Crippen LogP contribution is -2.12. The third-order valence-corrected chi connectivity index (χ3v) is 7.27. The fourth-order valence-electron chi connectivity index (χ4n) is 3.20. The number of hydrogen-bond donors (Lipinski definition) is 0. The molecule has 1 fully saturated rings. The zero-order chi connectivity index (χ0) is 16.0. The summed E-state index contributed by atoms with van der Waals surface area (Å²) in [5.74, 6) is 2.59. The van der Waals surface area contributed by atoms with Crippen molar-refractivity contribution in [3.05, 3.63) is 29.8 Å². The maximum atomic E-state index is 5.86. The minimum Gasteiger partial charge on any atom is -0.494 e. The first-order chi connectivity index (χ1) is 10.5. The molecule has 0 bridgehead atoms. The molecule has 0 spiro atoms. The smallest absolute Gasteiger partial charge is 0.341 e. The van der Waals surface area contributed by atoms with Gasteiger partial charge in [0, 0.05) is 0 Å². The largest absolute Gasteiger partial charge is 0.494 e. The summed E-state index contributed by atoms with van der Waals surface area (Å²) in [6, 6.07) is 6.74. The molecule has 0 amide bonds. The summed E-state index contributed by atoms with van der Waals surface area (Å²) in [7, 11) is 0. The number of halogens is 3. The van der Waals surface area contributed by atoms with Crippen LogP contribution < -0.4 is 4.74 Å². The van der Waals surface area contributed by atoms with Crippen molar-refractivity contribution in [2.45, 2.75) is 57.4 Å². The Morgan fingerprint density at radius 2 is 1.68 bits per heavy atom. The molecule has 22 heavy (non-hydrogen) atoms. The van der Waals surface area contributed by atoms with E-state index in [0.29, 0.717) is 12.7 Å². The molecular formula is C17H25Cl3OSi. The molecule has 0 saturated heterocycles. The van der Waals surface area contributed by atoms with Crippen LogP contribution in [0.25, 0.3) is 0 Å². The Morgan fingerprint density at radius 1 is 1.05 bits per heavy atom. The van der Waals surface area contributed by atoms with Crippen molar-refractivity contribution in [2.75, 3.05) is 6.61 Å². The van der Waals surface area contributed by atoms with Gasteiger partial charge in [0.05, 0.1) is 6.61 Å². The lowest BCUT2D eigenvalue weighted by atomic mass is 9.78. The fraction of sp³-hybridized carbons (Fsp3) is 0.647. The van der Waals surface area contributed by atoms with Gasteiger partial charge in [0.1, 0.15) is 5.75 Å². The number of hydrogen-bond acceptors (Lipinski definition) is 1. The van der Waals surface area contributed by atoms with E-state index in [4.69, 9.17) is 38.0 Å². The molecule has 1 saturated carbocycles. The highest BCUT2D eigenvalue weighted by atomic mass is 35.8. The summed E-state index contributed by atoms with van der Waals surface area (Å²) in [4.78, 5) is 0. The number of benzene rings is 1. The molecule has 0 atom stereocenters. The van der Waals surface area contributed by atoms with Crippen LogP contribution in [-0.2, 0) is 0 Å². The minimum absolute atomic E-state index is 0.613. The normalized spacial score (nSPS) is 22.5. The van der Waals surface area contributed by atoms with E-state index in [1.54, 1.807) is 0 Å². The summed E-state index contributed by atoms with van der Waals surface area (Å²) >= 11 is 17.6. The first kappa shape index (κ1) is 18.4. The van der Waals surface area contributed by atoms with Crippen LogP contribution in [0, 0.1) is 5.92 Å². The molecule has 124 valence electrons. The summed E-state index contributed by atoms with van der Waals surface area (Å²) < 4.78 is 5.72. The van der Waals surface area contributed by atoms with Gasteiger partial charge in [0.2, 0.25) is 0 Å². The third kappa shape index (κ3) is 6.31. The Hall–Kier alpha value is 0.107. The van der Waals surface area contributed by atoms with Gasteiger partial charge in [0.25, 0.3) is 0 Å². The summed E-state index contributed by atoms with van der Waals surface area (Å²) in [5, 5.41) is 0. The van der Waals surface area contributed by atoms with Crippen molar-refractivity contribution in [3.8, 4) is 5.75 Å². The van der Waals surface area contributed by atoms with Crippen molar-refractivity contribution >= 4 is 39.2 Å². The highest BCUT2D eigenvalue weighted by molar-refractivity contribution is 7.64. The number of ether oxygens (including phenoxy) is 1. The second kappa shape index (κ2) is 8.82. The van der Waals surface area contributed by atoms with Gasteiger partial charge in [-0.2, -0.15) is 0 Å². The van der Waals surface area contributed by atoms with E-state index in [9.17, 15) is 0 Å². The lowest BCUT2D eigenvalue weighted by molar-refractivity contribution is 0.313. The Morgan fingerprint density at radius 3 is 2.23 bits per heavy atom. The van der Waals surface area contributed by atoms with Crippen LogP contribution in [0.3, 0.4) is 0 Å². The second-order valence-corrected chi connectivity index (χ2v) is 15.5. The average molecular weight is 380 g/mol. The van der Waals surface area contributed by atoms with E-state index in [0.717, 1.165) is 24.0 Å². The average Bonchev–Trinajstić information content (AvgIpc) is 2.51. The van der Waals surface area contributed by atoms with Crippen molar-refractivity contribution in [3.63, 3.8) is 0 Å². The maximum Gasteiger partial charge on any atom is 0.341 e. The van der Waals surface area contributed by atoms with Gasteiger partial charge < -0.3 is 4.74 Å². The summed E-state index contributed by atoms with van der Waals surface area (Å²) in [5.41, 5.74) is 1.45. The fourth-order valence-corrected chi connectivity index (χ4v) is 4.95. The van der Waals surface area contributed by atoms with Crippen LogP contribution in [0.5, 0.6) is 5.75 Å². The molecule has 5 heteroatoms. The van der Waals surface area contributed by atoms with Gasteiger partial charge in [-0.15, -0.1) is 33.2 Å². The molecule has 1 aliphatic carbocycles. The molecule has 0 heterocycles. The van der Waals surface area contributed by atoms with Gasteiger partial charge in [-0.1, -0.05) is 25.5 Å². The van der Waals surface area contributed by atoms with Crippen molar-refractivity contribution < 1.29 is 4.74 Å². The van der Waals surface area contributed by atoms with Crippen LogP contribution in [0.1, 0.15) is 56.9 Å². The summed E-state index contributed by atoms with van der Waals surface area (Å²) in [6.07, 6.45) is 7.53. The van der Waals surface area contributed by atoms with Crippen LogP contribution in [0.15, 0.2) is 24.3 Å². The number of rotatable bonds is 7. The molecule has 0 aromatic heterocycles. The van der Waals surface area contributed by atoms with Crippen molar-refractivity contribution in [1.82, 2.24) is 0 Å². The molecule has 1 aromatic rings. The maximum absolute atomic E-state index is 5.86. The van der Waals surface area contributed by atoms with Crippen LogP contribution in [-0.4, -0.2) is 12.6 Å². The van der Waals surface area contributed by atoms with E-state index in [-0.39, 0.29) is 0 Å². The SMILES string of the molecule is CCC1CCC(c2ccc(OCCC[Si](Cl)(Cl)Cl)cc2)CC1. The monoisotopic (exact) mass is 378 g/mol. The lowest BCUT2D eigenvalue weighted by Gasteiger charge is -2.28. The van der Waals surface area contributed by atoms with Crippen LogP contribution in [0.4, 0.5) is 0 Å². The van der Waals surface area contributed by atoms with Crippen LogP contribution >= 0.6 is 33.2 Å². The molecule has 0 N–H and O–H groups in total. The zero-order valence-electron chi connectivity index (χ0n) is 13.2. The minimum atomic E-state index is -2.50. The first-order valence-electron chi connectivity index (χ1n) is 8.27. The molecule has 0 aliphatic heterocycles. The van der Waals surface area contributed by atoms with E-state index >= 15 is 0 Å². The van der Waals surface area contributed by atoms with E-state index < -0.39 is 6.00 Å². The quantitative estimate of drug-likeness (QED) is 0.288. The topological polar surface area (TPSA) is 9.23 Å².